The lowest BCUT2D eigenvalue weighted by atomic mass is 9.90. The maximum atomic E-state index is 9.35. The van der Waals surface area contributed by atoms with E-state index in [1.807, 2.05) is 0 Å². The van der Waals surface area contributed by atoms with Crippen LogP contribution in [0.25, 0.3) is 0 Å². The van der Waals surface area contributed by atoms with Crippen molar-refractivity contribution in [3.05, 3.63) is 12.2 Å². The van der Waals surface area contributed by atoms with Crippen LogP contribution in [0.5, 0.6) is 0 Å². The van der Waals surface area contributed by atoms with Crippen LogP contribution >= 0.6 is 0 Å². The van der Waals surface area contributed by atoms with Gasteiger partial charge in [0.15, 0.2) is 0 Å². The monoisotopic (exact) mass is 169 g/mol. The average Bonchev–Trinajstić information content (AvgIpc) is 2.38. The predicted molar refractivity (Wildman–Crippen MR) is 50.1 cm³/mol. The lowest BCUT2D eigenvalue weighted by Gasteiger charge is -2.32. The van der Waals surface area contributed by atoms with Crippen LogP contribution in [0.15, 0.2) is 12.2 Å². The van der Waals surface area contributed by atoms with Crippen LogP contribution in [0, 0.1) is 5.92 Å². The molecule has 1 atom stereocenters. The molecule has 0 radical (unpaired) electrons. The van der Waals surface area contributed by atoms with Crippen molar-refractivity contribution in [2.75, 3.05) is 7.05 Å². The summed E-state index contributed by atoms with van der Waals surface area (Å²) in [5.74, 6) is 0.662. The van der Waals surface area contributed by atoms with Crippen molar-refractivity contribution in [3.63, 3.8) is 0 Å². The van der Waals surface area contributed by atoms with E-state index >= 15 is 0 Å². The van der Waals surface area contributed by atoms with Gasteiger partial charge in [0.25, 0.3) is 0 Å². The number of hydrogen-bond donors (Lipinski definition) is 1. The van der Waals surface area contributed by atoms with Gasteiger partial charge in [-0.1, -0.05) is 12.2 Å². The van der Waals surface area contributed by atoms with Gasteiger partial charge in [-0.25, -0.2) is 0 Å². The van der Waals surface area contributed by atoms with Gasteiger partial charge in [0.1, 0.15) is 0 Å². The molecule has 1 unspecified atom stereocenters. The standard InChI is InChI=1S/C10H19NO/c1-10(2,11(3)12)8-9-6-4-5-7-9/h4,6,9,12H,5,7-8H2,1-3H3. The van der Waals surface area contributed by atoms with Crippen molar-refractivity contribution in [2.24, 2.45) is 5.92 Å². The van der Waals surface area contributed by atoms with E-state index in [0.29, 0.717) is 5.92 Å². The predicted octanol–water partition coefficient (Wildman–Crippen LogP) is 2.44. The Kier molecular flexibility index (Phi) is 2.91. The fourth-order valence-electron chi connectivity index (χ4n) is 1.64. The molecule has 0 spiro atoms. The summed E-state index contributed by atoms with van der Waals surface area (Å²) in [7, 11) is 1.72. The van der Waals surface area contributed by atoms with E-state index in [-0.39, 0.29) is 5.54 Å². The molecule has 0 fully saturated rings. The first kappa shape index (κ1) is 9.75. The molecular formula is C10H19NO. The molecule has 2 heteroatoms. The molecular weight excluding hydrogens is 150 g/mol. The number of hydrogen-bond acceptors (Lipinski definition) is 2. The number of allylic oxidation sites excluding steroid dienone is 2. The van der Waals surface area contributed by atoms with Crippen LogP contribution in [0.2, 0.25) is 0 Å². The number of nitrogens with zero attached hydrogens (tertiary/aromatic N) is 1. The maximum Gasteiger partial charge on any atom is 0.0406 e. The summed E-state index contributed by atoms with van der Waals surface area (Å²) in [6, 6.07) is 0. The van der Waals surface area contributed by atoms with E-state index < -0.39 is 0 Å². The Bertz CT molecular complexity index is 173. The van der Waals surface area contributed by atoms with Crippen molar-refractivity contribution < 1.29 is 5.21 Å². The third-order valence-electron chi connectivity index (χ3n) is 2.75. The van der Waals surface area contributed by atoms with Gasteiger partial charge in [0.05, 0.1) is 0 Å². The Morgan fingerprint density at radius 3 is 2.67 bits per heavy atom. The lowest BCUT2D eigenvalue weighted by Crippen LogP contribution is -2.39. The molecule has 0 aromatic carbocycles. The first-order valence-corrected chi connectivity index (χ1v) is 4.62. The van der Waals surface area contributed by atoms with Gasteiger partial charge in [0.2, 0.25) is 0 Å². The highest BCUT2D eigenvalue weighted by atomic mass is 16.5. The topological polar surface area (TPSA) is 23.5 Å². The van der Waals surface area contributed by atoms with Gasteiger partial charge >= 0.3 is 0 Å². The molecule has 0 saturated carbocycles. The third kappa shape index (κ3) is 2.32. The van der Waals surface area contributed by atoms with E-state index in [1.165, 1.54) is 17.9 Å². The highest BCUT2D eigenvalue weighted by Gasteiger charge is 2.26. The summed E-state index contributed by atoms with van der Waals surface area (Å²) in [5, 5.41) is 10.7. The quantitative estimate of drug-likeness (QED) is 0.518. The first-order valence-electron chi connectivity index (χ1n) is 4.62. The van der Waals surface area contributed by atoms with Crippen molar-refractivity contribution in [2.45, 2.75) is 38.6 Å². The average molecular weight is 169 g/mol. The van der Waals surface area contributed by atoms with E-state index in [0.717, 1.165) is 6.42 Å². The minimum Gasteiger partial charge on any atom is -0.314 e. The zero-order valence-corrected chi connectivity index (χ0v) is 8.25. The summed E-state index contributed by atoms with van der Waals surface area (Å²) in [6.45, 7) is 4.14. The fraction of sp³-hybridized carbons (Fsp3) is 0.800. The van der Waals surface area contributed by atoms with E-state index in [9.17, 15) is 5.21 Å². The van der Waals surface area contributed by atoms with E-state index in [1.54, 1.807) is 7.05 Å². The van der Waals surface area contributed by atoms with E-state index in [4.69, 9.17) is 0 Å². The second-order valence-corrected chi connectivity index (χ2v) is 4.31. The third-order valence-corrected chi connectivity index (χ3v) is 2.75. The molecule has 1 N–H and O–H groups in total. The highest BCUT2D eigenvalue weighted by Crippen LogP contribution is 2.28. The van der Waals surface area contributed by atoms with Crippen molar-refractivity contribution in [1.82, 2.24) is 5.06 Å². The molecule has 1 aliphatic carbocycles. The number of rotatable bonds is 3. The van der Waals surface area contributed by atoms with Crippen LogP contribution in [0.4, 0.5) is 0 Å². The largest absolute Gasteiger partial charge is 0.314 e. The Balaban J connectivity index is 2.43. The molecule has 1 aliphatic rings. The van der Waals surface area contributed by atoms with Gasteiger partial charge in [0, 0.05) is 12.6 Å². The summed E-state index contributed by atoms with van der Waals surface area (Å²) in [6.07, 6.45) is 7.99. The molecule has 70 valence electrons. The zero-order chi connectivity index (χ0) is 9.19. The minimum atomic E-state index is -0.0979. The Morgan fingerprint density at radius 1 is 1.58 bits per heavy atom. The van der Waals surface area contributed by atoms with Crippen molar-refractivity contribution >= 4 is 0 Å². The highest BCUT2D eigenvalue weighted by molar-refractivity contribution is 4.98. The Hall–Kier alpha value is -0.340. The van der Waals surface area contributed by atoms with Gasteiger partial charge in [-0.15, -0.1) is 0 Å². The van der Waals surface area contributed by atoms with Gasteiger partial charge in [-0.3, -0.25) is 0 Å². The second kappa shape index (κ2) is 3.58. The smallest absolute Gasteiger partial charge is 0.0406 e. The molecule has 1 rings (SSSR count). The van der Waals surface area contributed by atoms with Crippen molar-refractivity contribution in [1.29, 1.82) is 0 Å². The van der Waals surface area contributed by atoms with Crippen molar-refractivity contribution in [3.8, 4) is 0 Å². The molecule has 0 aliphatic heterocycles. The Labute approximate surface area is 74.8 Å². The summed E-state index contributed by atoms with van der Waals surface area (Å²) in [5.41, 5.74) is -0.0979. The first-order chi connectivity index (χ1) is 5.52. The molecule has 0 heterocycles. The van der Waals surface area contributed by atoms with Crippen LogP contribution in [0.1, 0.15) is 33.1 Å². The second-order valence-electron chi connectivity index (χ2n) is 4.31. The molecule has 0 amide bonds. The molecule has 0 saturated heterocycles. The summed E-state index contributed by atoms with van der Waals surface area (Å²) < 4.78 is 0. The van der Waals surface area contributed by atoms with Crippen LogP contribution in [0.3, 0.4) is 0 Å². The van der Waals surface area contributed by atoms with Crippen LogP contribution in [-0.2, 0) is 0 Å². The maximum absolute atomic E-state index is 9.35. The molecule has 0 aromatic rings. The molecule has 0 bridgehead atoms. The normalized spacial score (nSPS) is 23.9. The Morgan fingerprint density at radius 2 is 2.25 bits per heavy atom. The van der Waals surface area contributed by atoms with Gasteiger partial charge in [-0.05, 0) is 39.0 Å². The summed E-state index contributed by atoms with van der Waals surface area (Å²) in [4.78, 5) is 0. The number of hydroxylamine groups is 2. The molecule has 12 heavy (non-hydrogen) atoms. The van der Waals surface area contributed by atoms with Crippen LogP contribution < -0.4 is 0 Å². The SMILES string of the molecule is CN(O)C(C)(C)CC1C=CCC1. The summed E-state index contributed by atoms with van der Waals surface area (Å²) >= 11 is 0. The molecule has 2 nitrogen and oxygen atoms in total. The fourth-order valence-corrected chi connectivity index (χ4v) is 1.64. The van der Waals surface area contributed by atoms with Gasteiger partial charge < -0.3 is 5.21 Å². The lowest BCUT2D eigenvalue weighted by molar-refractivity contribution is -0.144. The minimum absolute atomic E-state index is 0.0979. The zero-order valence-electron chi connectivity index (χ0n) is 8.25. The molecule has 0 aromatic heterocycles. The van der Waals surface area contributed by atoms with E-state index in [2.05, 4.69) is 26.0 Å². The van der Waals surface area contributed by atoms with Crippen LogP contribution in [-0.4, -0.2) is 22.9 Å². The van der Waals surface area contributed by atoms with Gasteiger partial charge in [-0.2, -0.15) is 5.06 Å².